The van der Waals surface area contributed by atoms with E-state index < -0.39 is 17.3 Å². The highest BCUT2D eigenvalue weighted by Crippen LogP contribution is 2.54. The minimum Gasteiger partial charge on any atom is -0.493 e. The van der Waals surface area contributed by atoms with Crippen LogP contribution >= 0.6 is 0 Å². The molecule has 0 radical (unpaired) electrons. The Kier molecular flexibility index (Phi) is 5.83. The van der Waals surface area contributed by atoms with Gasteiger partial charge in [0.1, 0.15) is 5.92 Å². The van der Waals surface area contributed by atoms with Crippen molar-refractivity contribution >= 4 is 5.71 Å². The molecule has 1 N–H and O–H groups in total. The third-order valence-corrected chi connectivity index (χ3v) is 5.88. The molecule has 7 nitrogen and oxygen atoms in total. The number of ether oxygens (including phenoxy) is 2. The number of likely N-dealkylation sites (N-methyl/N-ethyl adjacent to an activating group) is 1. The summed E-state index contributed by atoms with van der Waals surface area (Å²) in [6, 6.07) is 11.8. The first kappa shape index (κ1) is 21.4. The number of nitrogens with one attached hydrogen (secondary N) is 1. The molecule has 0 aromatic heterocycles. The number of hydrogen-bond acceptors (Lipinski definition) is 7. The van der Waals surface area contributed by atoms with E-state index in [0.717, 1.165) is 11.1 Å². The van der Waals surface area contributed by atoms with Gasteiger partial charge in [-0.05, 0) is 44.2 Å². The van der Waals surface area contributed by atoms with Gasteiger partial charge >= 0.3 is 0 Å². The zero-order valence-electron chi connectivity index (χ0n) is 17.6. The van der Waals surface area contributed by atoms with Crippen molar-refractivity contribution in [3.05, 3.63) is 35.4 Å². The molecule has 2 aliphatic rings. The van der Waals surface area contributed by atoms with Crippen molar-refractivity contribution in [3.8, 4) is 29.7 Å². The van der Waals surface area contributed by atoms with E-state index in [4.69, 9.17) is 14.9 Å². The lowest BCUT2D eigenvalue weighted by Gasteiger charge is -2.47. The van der Waals surface area contributed by atoms with Crippen molar-refractivity contribution in [3.63, 3.8) is 0 Å². The van der Waals surface area contributed by atoms with Gasteiger partial charge in [0.2, 0.25) is 0 Å². The molecule has 0 amide bonds. The zero-order valence-corrected chi connectivity index (χ0v) is 17.6. The summed E-state index contributed by atoms with van der Waals surface area (Å²) < 4.78 is 11.3. The van der Waals surface area contributed by atoms with E-state index in [9.17, 15) is 15.8 Å². The number of hydrogen-bond donors (Lipinski definition) is 1. The lowest BCUT2D eigenvalue weighted by molar-refractivity contribution is 0.227. The first-order chi connectivity index (χ1) is 14.3. The third-order valence-electron chi connectivity index (χ3n) is 5.88. The van der Waals surface area contributed by atoms with Crippen molar-refractivity contribution in [2.24, 2.45) is 17.3 Å². The average molecular weight is 403 g/mol. The molecule has 30 heavy (non-hydrogen) atoms. The summed E-state index contributed by atoms with van der Waals surface area (Å²) in [5, 5.41) is 38.6. The third kappa shape index (κ3) is 3.30. The van der Waals surface area contributed by atoms with E-state index in [1.54, 1.807) is 19.2 Å². The Bertz CT molecular complexity index is 994. The minimum atomic E-state index is -1.73. The van der Waals surface area contributed by atoms with E-state index in [2.05, 4.69) is 23.1 Å². The molecule has 1 aromatic rings. The summed E-state index contributed by atoms with van der Waals surface area (Å²) in [6.45, 7) is 5.10. The number of rotatable bonds is 4. The maximum absolute atomic E-state index is 10.1. The first-order valence-corrected chi connectivity index (χ1v) is 9.87. The number of fused-ring (bicyclic) bond motifs is 1. The van der Waals surface area contributed by atoms with Gasteiger partial charge in [0.05, 0.1) is 37.1 Å². The summed E-state index contributed by atoms with van der Waals surface area (Å²) in [6.07, 6.45) is 1.93. The number of methoxy groups -OCH3 is 1. The van der Waals surface area contributed by atoms with Crippen molar-refractivity contribution in [2.75, 3.05) is 27.2 Å². The van der Waals surface area contributed by atoms with Gasteiger partial charge in [-0.25, -0.2) is 0 Å². The Labute approximate surface area is 177 Å². The van der Waals surface area contributed by atoms with Crippen LogP contribution < -0.4 is 9.47 Å². The minimum absolute atomic E-state index is 0.0390. The van der Waals surface area contributed by atoms with Crippen molar-refractivity contribution in [1.82, 2.24) is 4.90 Å². The van der Waals surface area contributed by atoms with Crippen molar-refractivity contribution in [1.29, 1.82) is 21.2 Å². The largest absolute Gasteiger partial charge is 0.493 e. The predicted octanol–water partition coefficient (Wildman–Crippen LogP) is 3.26. The van der Waals surface area contributed by atoms with Crippen molar-refractivity contribution < 1.29 is 9.47 Å². The van der Waals surface area contributed by atoms with E-state index in [-0.39, 0.29) is 17.7 Å². The molecule has 7 heteroatoms. The molecule has 3 rings (SSSR count). The quantitative estimate of drug-likeness (QED) is 0.771. The van der Waals surface area contributed by atoms with Crippen LogP contribution in [-0.4, -0.2) is 44.0 Å². The highest BCUT2D eigenvalue weighted by molar-refractivity contribution is 6.00. The Hall–Kier alpha value is -3.34. The Balaban J connectivity index is 2.22. The highest BCUT2D eigenvalue weighted by Gasteiger charge is 2.57. The van der Waals surface area contributed by atoms with Crippen LogP contribution in [0.3, 0.4) is 0 Å². The molecular formula is C23H25N5O2. The summed E-state index contributed by atoms with van der Waals surface area (Å²) in [7, 11) is 3.51. The van der Waals surface area contributed by atoms with Gasteiger partial charge in [-0.15, -0.1) is 0 Å². The van der Waals surface area contributed by atoms with Gasteiger partial charge in [-0.3, -0.25) is 0 Å². The fourth-order valence-corrected chi connectivity index (χ4v) is 4.56. The van der Waals surface area contributed by atoms with E-state index in [1.165, 1.54) is 0 Å². The molecule has 0 saturated heterocycles. The summed E-state index contributed by atoms with van der Waals surface area (Å²) in [4.78, 5) is 2.09. The normalized spacial score (nSPS) is 25.3. The maximum Gasteiger partial charge on any atom is 0.189 e. The Morgan fingerprint density at radius 3 is 2.47 bits per heavy atom. The second-order valence-electron chi connectivity index (χ2n) is 8.09. The molecule has 1 heterocycles. The Morgan fingerprint density at radius 1 is 1.20 bits per heavy atom. The van der Waals surface area contributed by atoms with Gasteiger partial charge in [0.25, 0.3) is 0 Å². The SMILES string of the molecule is COc1cc([C@H]2[C@@H]3CN(C)CC=C3[C@@H](C#N)C(=N)C2(C#N)C#N)ccc1OC(C)C. The first-order valence-electron chi connectivity index (χ1n) is 9.87. The molecule has 1 fully saturated rings. The molecule has 1 aliphatic carbocycles. The van der Waals surface area contributed by atoms with Crippen molar-refractivity contribution in [2.45, 2.75) is 25.9 Å². The summed E-state index contributed by atoms with van der Waals surface area (Å²) in [5.74, 6) is -0.601. The van der Waals surface area contributed by atoms with Crippen LogP contribution in [0, 0.1) is 56.7 Å². The van der Waals surface area contributed by atoms with Gasteiger partial charge in [-0.1, -0.05) is 12.1 Å². The number of nitriles is 3. The van der Waals surface area contributed by atoms with Gasteiger partial charge in [0.15, 0.2) is 16.9 Å². The van der Waals surface area contributed by atoms with Crippen LogP contribution in [0.2, 0.25) is 0 Å². The maximum atomic E-state index is 10.1. The molecule has 0 unspecified atom stereocenters. The van der Waals surface area contributed by atoms with E-state index in [1.807, 2.05) is 33.0 Å². The molecular weight excluding hydrogens is 378 g/mol. The van der Waals surface area contributed by atoms with Crippen LogP contribution in [0.15, 0.2) is 29.8 Å². The lowest BCUT2D eigenvalue weighted by atomic mass is 9.54. The molecule has 154 valence electrons. The smallest absolute Gasteiger partial charge is 0.189 e. The second kappa shape index (κ2) is 8.19. The molecule has 0 spiro atoms. The van der Waals surface area contributed by atoms with Gasteiger partial charge < -0.3 is 19.8 Å². The average Bonchev–Trinajstić information content (AvgIpc) is 2.73. The standard InChI is InChI=1S/C23H25N5O2/c1-14(2)30-19-6-5-15(9-20(19)29-4)21-18-11-28(3)8-7-16(18)17(10-24)22(27)23(21,12-25)13-26/h5-7,9,14,17-18,21,27H,8,11H2,1-4H3/t17-,18-,21+/m1/s1. The monoisotopic (exact) mass is 403 g/mol. The van der Waals surface area contributed by atoms with Gasteiger partial charge in [0, 0.05) is 24.9 Å². The highest BCUT2D eigenvalue weighted by atomic mass is 16.5. The summed E-state index contributed by atoms with van der Waals surface area (Å²) >= 11 is 0. The predicted molar refractivity (Wildman–Crippen MR) is 111 cm³/mol. The van der Waals surface area contributed by atoms with E-state index >= 15 is 0 Å². The van der Waals surface area contributed by atoms with E-state index in [0.29, 0.717) is 24.6 Å². The fourth-order valence-electron chi connectivity index (χ4n) is 4.56. The molecule has 1 aliphatic heterocycles. The lowest BCUT2D eigenvalue weighted by Crippen LogP contribution is -2.52. The van der Waals surface area contributed by atoms with Crippen LogP contribution in [0.25, 0.3) is 0 Å². The molecule has 3 atom stereocenters. The fraction of sp³-hybridized carbons (Fsp3) is 0.478. The second-order valence-corrected chi connectivity index (χ2v) is 8.09. The number of benzene rings is 1. The Morgan fingerprint density at radius 2 is 1.90 bits per heavy atom. The topological polar surface area (TPSA) is 117 Å². The van der Waals surface area contributed by atoms with Crippen LogP contribution in [0.5, 0.6) is 11.5 Å². The van der Waals surface area contributed by atoms with Crippen LogP contribution in [0.1, 0.15) is 25.3 Å². The van der Waals surface area contributed by atoms with Gasteiger partial charge in [-0.2, -0.15) is 15.8 Å². The molecule has 1 saturated carbocycles. The van der Waals surface area contributed by atoms with Crippen LogP contribution in [0.4, 0.5) is 0 Å². The number of nitrogens with zero attached hydrogens (tertiary/aromatic N) is 4. The molecule has 1 aromatic carbocycles. The van der Waals surface area contributed by atoms with Crippen LogP contribution in [-0.2, 0) is 0 Å². The summed E-state index contributed by atoms with van der Waals surface area (Å²) in [5.41, 5.74) is -0.327. The molecule has 0 bridgehead atoms. The zero-order chi connectivity index (χ0) is 22.1.